The molecule has 4 nitrogen and oxygen atoms in total. The lowest BCUT2D eigenvalue weighted by molar-refractivity contribution is 0.190. The molecule has 0 spiro atoms. The van der Waals surface area contributed by atoms with Crippen LogP contribution in [-0.2, 0) is 6.54 Å². The molecule has 0 radical (unpaired) electrons. The van der Waals surface area contributed by atoms with Gasteiger partial charge in [0.15, 0.2) is 0 Å². The van der Waals surface area contributed by atoms with Gasteiger partial charge in [-0.15, -0.1) is 0 Å². The first-order chi connectivity index (χ1) is 9.72. The normalized spacial score (nSPS) is 20.1. The highest BCUT2D eigenvalue weighted by Crippen LogP contribution is 2.18. The van der Waals surface area contributed by atoms with Crippen molar-refractivity contribution in [3.63, 3.8) is 0 Å². The molecular formula is C16H21N3O. The Hall–Kier alpha value is -1.81. The van der Waals surface area contributed by atoms with E-state index in [0.717, 1.165) is 24.2 Å². The number of hydrogen-bond acceptors (Lipinski definition) is 2. The van der Waals surface area contributed by atoms with Crippen molar-refractivity contribution in [1.82, 2.24) is 14.7 Å². The van der Waals surface area contributed by atoms with Crippen LogP contribution in [0.25, 0.3) is 11.1 Å². The number of likely N-dealkylation sites (tertiary alicyclic amines) is 1. The number of aromatic amines is 1. The summed E-state index contributed by atoms with van der Waals surface area (Å²) in [5.74, 6) is 0.625. The fourth-order valence-electron chi connectivity index (χ4n) is 3.06. The molecule has 20 heavy (non-hydrogen) atoms. The monoisotopic (exact) mass is 271 g/mol. The molecule has 1 aliphatic rings. The summed E-state index contributed by atoms with van der Waals surface area (Å²) in [6.07, 6.45) is 4.44. The average Bonchev–Trinajstić information content (AvgIpc) is 2.80. The molecule has 1 fully saturated rings. The highest BCUT2D eigenvalue weighted by atomic mass is 16.1. The molecule has 2 aromatic rings. The largest absolute Gasteiger partial charge is 0.306 e. The van der Waals surface area contributed by atoms with E-state index in [1.165, 1.54) is 19.4 Å². The number of hydrogen-bond donors (Lipinski definition) is 1. The SMILES string of the molecule is CN1CCCC(Cn2cc(-c3ccccc3)c(=O)[nH]2)C1. The van der Waals surface area contributed by atoms with Gasteiger partial charge in [-0.2, -0.15) is 0 Å². The summed E-state index contributed by atoms with van der Waals surface area (Å²) in [7, 11) is 2.17. The molecule has 3 rings (SSSR count). The maximum atomic E-state index is 12.1. The van der Waals surface area contributed by atoms with Crippen molar-refractivity contribution in [2.45, 2.75) is 19.4 Å². The molecule has 1 aliphatic heterocycles. The third-order valence-electron chi connectivity index (χ3n) is 4.04. The summed E-state index contributed by atoms with van der Waals surface area (Å²) in [5, 5.41) is 2.95. The Kier molecular flexibility index (Phi) is 3.74. The quantitative estimate of drug-likeness (QED) is 0.929. The minimum Gasteiger partial charge on any atom is -0.306 e. The highest BCUT2D eigenvalue weighted by Gasteiger charge is 2.18. The lowest BCUT2D eigenvalue weighted by Gasteiger charge is -2.29. The molecule has 1 saturated heterocycles. The van der Waals surface area contributed by atoms with E-state index in [9.17, 15) is 4.79 Å². The van der Waals surface area contributed by atoms with Crippen molar-refractivity contribution in [2.75, 3.05) is 20.1 Å². The topological polar surface area (TPSA) is 41.0 Å². The summed E-state index contributed by atoms with van der Waals surface area (Å²) in [6, 6.07) is 9.84. The van der Waals surface area contributed by atoms with E-state index in [1.807, 2.05) is 41.2 Å². The third kappa shape index (κ3) is 2.85. The first kappa shape index (κ1) is 13.2. The molecule has 0 amide bonds. The second-order valence-corrected chi connectivity index (χ2v) is 5.77. The Balaban J connectivity index is 1.77. The van der Waals surface area contributed by atoms with Crippen LogP contribution in [0.5, 0.6) is 0 Å². The Bertz CT molecular complexity index is 614. The molecule has 1 aromatic carbocycles. The van der Waals surface area contributed by atoms with E-state index in [4.69, 9.17) is 0 Å². The zero-order valence-corrected chi connectivity index (χ0v) is 11.9. The predicted octanol–water partition coefficient (Wildman–Crippen LogP) is 2.19. The van der Waals surface area contributed by atoms with Gasteiger partial charge in [0.2, 0.25) is 0 Å². The number of aromatic nitrogens is 2. The molecule has 1 unspecified atom stereocenters. The van der Waals surface area contributed by atoms with Crippen molar-refractivity contribution in [1.29, 1.82) is 0 Å². The summed E-state index contributed by atoms with van der Waals surface area (Å²) < 4.78 is 1.95. The average molecular weight is 271 g/mol. The number of benzene rings is 1. The first-order valence-electron chi connectivity index (χ1n) is 7.26. The fourth-order valence-corrected chi connectivity index (χ4v) is 3.06. The van der Waals surface area contributed by atoms with Crippen molar-refractivity contribution < 1.29 is 0 Å². The molecule has 4 heteroatoms. The van der Waals surface area contributed by atoms with Gasteiger partial charge in [0.25, 0.3) is 5.56 Å². The maximum Gasteiger partial charge on any atom is 0.271 e. The van der Waals surface area contributed by atoms with Gasteiger partial charge in [-0.3, -0.25) is 14.6 Å². The number of H-pyrrole nitrogens is 1. The molecule has 1 atom stereocenters. The van der Waals surface area contributed by atoms with Crippen molar-refractivity contribution in [2.24, 2.45) is 5.92 Å². The van der Waals surface area contributed by atoms with Gasteiger partial charge >= 0.3 is 0 Å². The third-order valence-corrected chi connectivity index (χ3v) is 4.04. The maximum absolute atomic E-state index is 12.1. The standard InChI is InChI=1S/C16H21N3O/c1-18-9-5-6-13(10-18)11-19-12-15(16(20)17-19)14-7-3-2-4-8-14/h2-4,7-8,12-13H,5-6,9-11H2,1H3,(H,17,20). The summed E-state index contributed by atoms with van der Waals surface area (Å²) in [5.41, 5.74) is 1.74. The molecule has 0 aliphatic carbocycles. The van der Waals surface area contributed by atoms with Crippen molar-refractivity contribution in [3.8, 4) is 11.1 Å². The number of rotatable bonds is 3. The van der Waals surface area contributed by atoms with Crippen LogP contribution in [-0.4, -0.2) is 34.8 Å². The van der Waals surface area contributed by atoms with E-state index >= 15 is 0 Å². The Morgan fingerprint density at radius 1 is 1.30 bits per heavy atom. The van der Waals surface area contributed by atoms with Crippen LogP contribution in [0.2, 0.25) is 0 Å². The van der Waals surface area contributed by atoms with E-state index in [1.54, 1.807) is 0 Å². The van der Waals surface area contributed by atoms with Crippen LogP contribution < -0.4 is 5.56 Å². The molecule has 1 N–H and O–H groups in total. The van der Waals surface area contributed by atoms with Crippen LogP contribution in [0, 0.1) is 5.92 Å². The Labute approximate surface area is 119 Å². The summed E-state index contributed by atoms with van der Waals surface area (Å²) in [6.45, 7) is 3.20. The molecule has 0 bridgehead atoms. The molecule has 1 aromatic heterocycles. The van der Waals surface area contributed by atoms with Gasteiger partial charge in [-0.25, -0.2) is 0 Å². The lowest BCUT2D eigenvalue weighted by atomic mass is 9.99. The second kappa shape index (κ2) is 5.67. The summed E-state index contributed by atoms with van der Waals surface area (Å²) in [4.78, 5) is 14.4. The minimum absolute atomic E-state index is 0.000337. The van der Waals surface area contributed by atoms with Crippen LogP contribution in [0.1, 0.15) is 12.8 Å². The van der Waals surface area contributed by atoms with E-state index in [2.05, 4.69) is 17.0 Å². The molecule has 2 heterocycles. The molecule has 106 valence electrons. The van der Waals surface area contributed by atoms with E-state index in [0.29, 0.717) is 5.92 Å². The first-order valence-corrected chi connectivity index (χ1v) is 7.26. The van der Waals surface area contributed by atoms with Crippen LogP contribution >= 0.6 is 0 Å². The minimum atomic E-state index is 0.000337. The van der Waals surface area contributed by atoms with E-state index in [-0.39, 0.29) is 5.56 Å². The molecule has 0 saturated carbocycles. The van der Waals surface area contributed by atoms with Crippen molar-refractivity contribution >= 4 is 0 Å². The predicted molar refractivity (Wildman–Crippen MR) is 80.7 cm³/mol. The second-order valence-electron chi connectivity index (χ2n) is 5.77. The van der Waals surface area contributed by atoms with Crippen LogP contribution in [0.4, 0.5) is 0 Å². The highest BCUT2D eigenvalue weighted by molar-refractivity contribution is 5.61. The Morgan fingerprint density at radius 3 is 2.85 bits per heavy atom. The number of piperidine rings is 1. The van der Waals surface area contributed by atoms with E-state index < -0.39 is 0 Å². The van der Waals surface area contributed by atoms with Gasteiger partial charge in [0, 0.05) is 19.3 Å². The zero-order chi connectivity index (χ0) is 13.9. The van der Waals surface area contributed by atoms with Gasteiger partial charge in [0.1, 0.15) is 0 Å². The van der Waals surface area contributed by atoms with Gasteiger partial charge < -0.3 is 4.90 Å². The fraction of sp³-hybridized carbons (Fsp3) is 0.438. The van der Waals surface area contributed by atoms with Crippen LogP contribution in [0.15, 0.2) is 41.3 Å². The smallest absolute Gasteiger partial charge is 0.271 e. The number of nitrogens with zero attached hydrogens (tertiary/aromatic N) is 2. The molecular weight excluding hydrogens is 250 g/mol. The van der Waals surface area contributed by atoms with Gasteiger partial charge in [-0.05, 0) is 37.9 Å². The Morgan fingerprint density at radius 2 is 2.10 bits per heavy atom. The van der Waals surface area contributed by atoms with Crippen LogP contribution in [0.3, 0.4) is 0 Å². The zero-order valence-electron chi connectivity index (χ0n) is 11.9. The number of nitrogens with one attached hydrogen (secondary N) is 1. The lowest BCUT2D eigenvalue weighted by Crippen LogP contribution is -2.34. The summed E-state index contributed by atoms with van der Waals surface area (Å²) >= 11 is 0. The van der Waals surface area contributed by atoms with Gasteiger partial charge in [0.05, 0.1) is 5.56 Å². The van der Waals surface area contributed by atoms with Gasteiger partial charge in [-0.1, -0.05) is 30.3 Å². The van der Waals surface area contributed by atoms with Crippen molar-refractivity contribution in [3.05, 3.63) is 46.9 Å².